The van der Waals surface area contributed by atoms with E-state index < -0.39 is 6.10 Å². The van der Waals surface area contributed by atoms with Gasteiger partial charge in [-0.25, -0.2) is 0 Å². The van der Waals surface area contributed by atoms with Gasteiger partial charge in [-0.1, -0.05) is 13.3 Å². The molecule has 0 saturated carbocycles. The van der Waals surface area contributed by atoms with Crippen molar-refractivity contribution >= 4 is 0 Å². The van der Waals surface area contributed by atoms with Crippen LogP contribution in [0, 0.1) is 0 Å². The lowest BCUT2D eigenvalue weighted by molar-refractivity contribution is 0.131. The van der Waals surface area contributed by atoms with Crippen molar-refractivity contribution in [2.45, 2.75) is 32.3 Å². The summed E-state index contributed by atoms with van der Waals surface area (Å²) in [6, 6.07) is 0. The average molecular weight is 156 g/mol. The SMILES string of the molecule is CCCCC=C=C[C@H](O)CO. The van der Waals surface area contributed by atoms with Crippen LogP contribution in [0.5, 0.6) is 0 Å². The molecular weight excluding hydrogens is 140 g/mol. The van der Waals surface area contributed by atoms with E-state index in [9.17, 15) is 0 Å². The van der Waals surface area contributed by atoms with E-state index in [-0.39, 0.29) is 6.61 Å². The van der Waals surface area contributed by atoms with Crippen molar-refractivity contribution in [3.8, 4) is 0 Å². The zero-order valence-electron chi connectivity index (χ0n) is 6.95. The van der Waals surface area contributed by atoms with E-state index in [2.05, 4.69) is 12.7 Å². The van der Waals surface area contributed by atoms with Gasteiger partial charge in [0, 0.05) is 0 Å². The topological polar surface area (TPSA) is 40.5 Å². The number of rotatable bonds is 5. The van der Waals surface area contributed by atoms with E-state index in [1.165, 1.54) is 12.5 Å². The smallest absolute Gasteiger partial charge is 0.102 e. The summed E-state index contributed by atoms with van der Waals surface area (Å²) in [5.74, 6) is 0. The molecule has 0 spiro atoms. The molecule has 0 unspecified atom stereocenters. The molecule has 0 aliphatic carbocycles. The lowest BCUT2D eigenvalue weighted by atomic mass is 10.2. The summed E-state index contributed by atoms with van der Waals surface area (Å²) in [5, 5.41) is 17.2. The first-order valence-electron chi connectivity index (χ1n) is 4.01. The second-order valence-electron chi connectivity index (χ2n) is 2.43. The summed E-state index contributed by atoms with van der Waals surface area (Å²) in [7, 11) is 0. The minimum Gasteiger partial charge on any atom is -0.393 e. The summed E-state index contributed by atoms with van der Waals surface area (Å²) < 4.78 is 0. The van der Waals surface area contributed by atoms with Gasteiger partial charge in [-0.15, -0.1) is 5.73 Å². The first-order chi connectivity index (χ1) is 5.31. The molecule has 0 aromatic heterocycles. The van der Waals surface area contributed by atoms with Crippen molar-refractivity contribution in [1.82, 2.24) is 0 Å². The van der Waals surface area contributed by atoms with Crippen LogP contribution in [0.4, 0.5) is 0 Å². The Hall–Kier alpha value is -0.560. The van der Waals surface area contributed by atoms with E-state index >= 15 is 0 Å². The van der Waals surface area contributed by atoms with E-state index in [1.807, 2.05) is 6.08 Å². The molecule has 0 bridgehead atoms. The zero-order valence-corrected chi connectivity index (χ0v) is 6.95. The van der Waals surface area contributed by atoms with Gasteiger partial charge in [0.05, 0.1) is 6.61 Å². The highest BCUT2D eigenvalue weighted by molar-refractivity contribution is 4.89. The van der Waals surface area contributed by atoms with Crippen molar-refractivity contribution in [2.24, 2.45) is 0 Å². The van der Waals surface area contributed by atoms with Gasteiger partial charge in [-0.05, 0) is 25.0 Å². The molecule has 0 aromatic rings. The van der Waals surface area contributed by atoms with Crippen molar-refractivity contribution in [3.05, 3.63) is 17.9 Å². The highest BCUT2D eigenvalue weighted by Gasteiger charge is 1.90. The molecule has 2 nitrogen and oxygen atoms in total. The Kier molecular flexibility index (Phi) is 7.16. The van der Waals surface area contributed by atoms with Crippen LogP contribution in [0.15, 0.2) is 17.9 Å². The number of hydrogen-bond donors (Lipinski definition) is 2. The van der Waals surface area contributed by atoms with Gasteiger partial charge in [-0.3, -0.25) is 0 Å². The van der Waals surface area contributed by atoms with Gasteiger partial charge < -0.3 is 10.2 Å². The maximum absolute atomic E-state index is 8.83. The molecule has 11 heavy (non-hydrogen) atoms. The van der Waals surface area contributed by atoms with Crippen molar-refractivity contribution in [1.29, 1.82) is 0 Å². The molecule has 0 aromatic carbocycles. The van der Waals surface area contributed by atoms with Crippen molar-refractivity contribution < 1.29 is 10.2 Å². The zero-order chi connectivity index (χ0) is 8.53. The summed E-state index contributed by atoms with van der Waals surface area (Å²) in [6.07, 6.45) is 5.90. The van der Waals surface area contributed by atoms with Gasteiger partial charge in [0.2, 0.25) is 0 Å². The summed E-state index contributed by atoms with van der Waals surface area (Å²) in [4.78, 5) is 0. The van der Waals surface area contributed by atoms with Gasteiger partial charge in [0.1, 0.15) is 6.10 Å². The molecule has 0 amide bonds. The molecular formula is C9H16O2. The van der Waals surface area contributed by atoms with Crippen molar-refractivity contribution in [3.63, 3.8) is 0 Å². The highest BCUT2D eigenvalue weighted by Crippen LogP contribution is 1.93. The van der Waals surface area contributed by atoms with Gasteiger partial charge in [0.25, 0.3) is 0 Å². The predicted molar refractivity (Wildman–Crippen MR) is 45.3 cm³/mol. The second-order valence-corrected chi connectivity index (χ2v) is 2.43. The molecule has 0 saturated heterocycles. The first kappa shape index (κ1) is 10.4. The molecule has 0 fully saturated rings. The maximum atomic E-state index is 8.83. The Bertz CT molecular complexity index is 134. The Morgan fingerprint density at radius 1 is 1.55 bits per heavy atom. The third kappa shape index (κ3) is 7.34. The normalized spacial score (nSPS) is 11.9. The quantitative estimate of drug-likeness (QED) is 0.464. The van der Waals surface area contributed by atoms with Gasteiger partial charge in [0.15, 0.2) is 0 Å². The molecule has 2 heteroatoms. The first-order valence-corrected chi connectivity index (χ1v) is 4.01. The number of aliphatic hydroxyl groups excluding tert-OH is 2. The van der Waals surface area contributed by atoms with E-state index in [0.29, 0.717) is 0 Å². The van der Waals surface area contributed by atoms with Crippen LogP contribution in [-0.2, 0) is 0 Å². The lowest BCUT2D eigenvalue weighted by Crippen LogP contribution is -2.06. The van der Waals surface area contributed by atoms with Crippen LogP contribution in [0.3, 0.4) is 0 Å². The molecule has 0 aliphatic heterocycles. The maximum Gasteiger partial charge on any atom is 0.102 e. The minimum atomic E-state index is -0.757. The molecule has 0 radical (unpaired) electrons. The number of aliphatic hydroxyl groups is 2. The number of unbranched alkanes of at least 4 members (excludes halogenated alkanes) is 2. The molecule has 64 valence electrons. The van der Waals surface area contributed by atoms with Crippen LogP contribution in [-0.4, -0.2) is 22.9 Å². The fourth-order valence-electron chi connectivity index (χ4n) is 0.621. The number of hydrogen-bond acceptors (Lipinski definition) is 2. The monoisotopic (exact) mass is 156 g/mol. The van der Waals surface area contributed by atoms with Crippen LogP contribution in [0.25, 0.3) is 0 Å². The second kappa shape index (κ2) is 7.55. The fraction of sp³-hybridized carbons (Fsp3) is 0.667. The highest BCUT2D eigenvalue weighted by atomic mass is 16.3. The minimum absolute atomic E-state index is 0.228. The van der Waals surface area contributed by atoms with Crippen LogP contribution in [0.2, 0.25) is 0 Å². The Labute approximate surface area is 67.9 Å². The average Bonchev–Trinajstić information content (AvgIpc) is 2.04. The van der Waals surface area contributed by atoms with Crippen LogP contribution in [0.1, 0.15) is 26.2 Å². The summed E-state index contributed by atoms with van der Waals surface area (Å²) in [6.45, 7) is 1.90. The Balaban J connectivity index is 3.46. The van der Waals surface area contributed by atoms with Gasteiger partial charge in [-0.2, -0.15) is 0 Å². The fourth-order valence-corrected chi connectivity index (χ4v) is 0.621. The molecule has 2 N–H and O–H groups in total. The van der Waals surface area contributed by atoms with E-state index in [4.69, 9.17) is 10.2 Å². The third-order valence-corrected chi connectivity index (χ3v) is 1.30. The van der Waals surface area contributed by atoms with E-state index in [0.717, 1.165) is 12.8 Å². The molecule has 0 aliphatic rings. The van der Waals surface area contributed by atoms with Crippen LogP contribution < -0.4 is 0 Å². The largest absolute Gasteiger partial charge is 0.393 e. The Morgan fingerprint density at radius 3 is 2.82 bits per heavy atom. The lowest BCUT2D eigenvalue weighted by Gasteiger charge is -1.93. The van der Waals surface area contributed by atoms with Gasteiger partial charge >= 0.3 is 0 Å². The summed E-state index contributed by atoms with van der Waals surface area (Å²) in [5.41, 5.74) is 2.81. The molecule has 0 heterocycles. The standard InChI is InChI=1S/C9H16O2/c1-2-3-4-5-6-7-9(11)8-10/h5,7,9-11H,2-4,8H2,1H3/t6?,9-/m0/s1. The third-order valence-electron chi connectivity index (χ3n) is 1.30. The Morgan fingerprint density at radius 2 is 2.27 bits per heavy atom. The molecule has 1 atom stereocenters. The van der Waals surface area contributed by atoms with Crippen LogP contribution >= 0.6 is 0 Å². The molecule has 0 rings (SSSR count). The predicted octanol–water partition coefficient (Wildman–Crippen LogP) is 1.24. The van der Waals surface area contributed by atoms with Crippen molar-refractivity contribution in [2.75, 3.05) is 6.61 Å². The van der Waals surface area contributed by atoms with E-state index in [1.54, 1.807) is 0 Å². The summed E-state index contributed by atoms with van der Waals surface area (Å²) >= 11 is 0.